The molecule has 0 aliphatic carbocycles. The molecule has 0 unspecified atom stereocenters. The van der Waals surface area contributed by atoms with Gasteiger partial charge in [-0.15, -0.1) is 10.2 Å². The van der Waals surface area contributed by atoms with Crippen molar-refractivity contribution in [2.24, 2.45) is 16.0 Å². The molecule has 2 aromatic rings. The summed E-state index contributed by atoms with van der Waals surface area (Å²) in [6, 6.07) is 9.79. The van der Waals surface area contributed by atoms with Crippen molar-refractivity contribution in [3.8, 4) is 5.75 Å². The van der Waals surface area contributed by atoms with Gasteiger partial charge >= 0.3 is 6.16 Å². The van der Waals surface area contributed by atoms with Crippen molar-refractivity contribution in [1.29, 1.82) is 0 Å². The first-order valence-electron chi connectivity index (χ1n) is 7.64. The van der Waals surface area contributed by atoms with Crippen LogP contribution in [0.3, 0.4) is 0 Å². The number of anilines is 2. The number of benzene rings is 1. The molecule has 1 aromatic heterocycles. The van der Waals surface area contributed by atoms with E-state index in [1.54, 1.807) is 30.3 Å². The van der Waals surface area contributed by atoms with Crippen molar-refractivity contribution in [2.75, 3.05) is 31.5 Å². The number of pyridine rings is 1. The monoisotopic (exact) mass is 374 g/mol. The standard InChI is InChI=1S/C16H18N6O5/c1-25-16(24)27-9-26-12-5-3-2-4-10(12)21-22-11-6-7-13(20-15(11)18)19-14(23)8-17/h2-7H,8-9,17H2,1H3,(H3,18,19,20,23)/b22-21+. The molecule has 0 atom stereocenters. The number of azo groups is 1. The van der Waals surface area contributed by atoms with E-state index < -0.39 is 12.1 Å². The van der Waals surface area contributed by atoms with E-state index in [0.29, 0.717) is 17.1 Å². The molecule has 11 nitrogen and oxygen atoms in total. The molecule has 142 valence electrons. The summed E-state index contributed by atoms with van der Waals surface area (Å²) in [6.07, 6.45) is -0.866. The molecule has 0 saturated carbocycles. The van der Waals surface area contributed by atoms with Gasteiger partial charge in [-0.1, -0.05) is 12.1 Å². The van der Waals surface area contributed by atoms with Gasteiger partial charge in [-0.2, -0.15) is 0 Å². The SMILES string of the molecule is COC(=O)OCOc1ccccc1/N=N/c1ccc(NC(=O)CN)nc1N. The van der Waals surface area contributed by atoms with Crippen molar-refractivity contribution < 1.29 is 23.8 Å². The van der Waals surface area contributed by atoms with E-state index in [1.165, 1.54) is 13.2 Å². The molecule has 0 saturated heterocycles. The van der Waals surface area contributed by atoms with Gasteiger partial charge in [-0.25, -0.2) is 9.78 Å². The Morgan fingerprint density at radius 1 is 1.15 bits per heavy atom. The zero-order valence-corrected chi connectivity index (χ0v) is 14.4. The number of amides is 1. The van der Waals surface area contributed by atoms with Crippen molar-refractivity contribution >= 4 is 35.1 Å². The van der Waals surface area contributed by atoms with Gasteiger partial charge in [0.25, 0.3) is 0 Å². The summed E-state index contributed by atoms with van der Waals surface area (Å²) in [7, 11) is 1.19. The van der Waals surface area contributed by atoms with E-state index in [1.807, 2.05) is 0 Å². The third-order valence-corrected chi connectivity index (χ3v) is 3.04. The average molecular weight is 374 g/mol. The summed E-state index contributed by atoms with van der Waals surface area (Å²) in [5.74, 6) is 0.270. The second-order valence-corrected chi connectivity index (χ2v) is 4.88. The Morgan fingerprint density at radius 3 is 2.59 bits per heavy atom. The zero-order chi connectivity index (χ0) is 19.6. The number of methoxy groups -OCH3 is 1. The van der Waals surface area contributed by atoms with Crippen LogP contribution in [0.2, 0.25) is 0 Å². The first-order chi connectivity index (χ1) is 13.0. The van der Waals surface area contributed by atoms with E-state index in [-0.39, 0.29) is 25.0 Å². The quantitative estimate of drug-likeness (QED) is 0.376. The van der Waals surface area contributed by atoms with Crippen LogP contribution in [-0.2, 0) is 14.3 Å². The molecule has 1 amide bonds. The van der Waals surface area contributed by atoms with Crippen molar-refractivity contribution in [2.45, 2.75) is 0 Å². The molecule has 0 bridgehead atoms. The highest BCUT2D eigenvalue weighted by Crippen LogP contribution is 2.30. The fraction of sp³-hybridized carbons (Fsp3) is 0.188. The first kappa shape index (κ1) is 19.6. The van der Waals surface area contributed by atoms with Gasteiger partial charge in [0.2, 0.25) is 12.7 Å². The van der Waals surface area contributed by atoms with Crippen LogP contribution in [0.4, 0.5) is 27.8 Å². The molecule has 0 radical (unpaired) electrons. The van der Waals surface area contributed by atoms with E-state index in [0.717, 1.165) is 0 Å². The topological polar surface area (TPSA) is 164 Å². The van der Waals surface area contributed by atoms with E-state index in [9.17, 15) is 9.59 Å². The lowest BCUT2D eigenvalue weighted by Crippen LogP contribution is -2.22. The smallest absolute Gasteiger partial charge is 0.455 e. The summed E-state index contributed by atoms with van der Waals surface area (Å²) >= 11 is 0. The van der Waals surface area contributed by atoms with Gasteiger partial charge in [-0.3, -0.25) is 4.79 Å². The Morgan fingerprint density at radius 2 is 1.89 bits per heavy atom. The molecule has 0 aliphatic rings. The van der Waals surface area contributed by atoms with E-state index in [2.05, 4.69) is 30.0 Å². The minimum atomic E-state index is -0.866. The van der Waals surface area contributed by atoms with Crippen LogP contribution in [0.1, 0.15) is 0 Å². The van der Waals surface area contributed by atoms with Gasteiger partial charge in [0, 0.05) is 0 Å². The van der Waals surface area contributed by atoms with Gasteiger partial charge < -0.3 is 31.0 Å². The predicted octanol–water partition coefficient (Wildman–Crippen LogP) is 2.10. The molecule has 11 heteroatoms. The third-order valence-electron chi connectivity index (χ3n) is 3.04. The number of ether oxygens (including phenoxy) is 3. The van der Waals surface area contributed by atoms with Gasteiger partial charge in [0.15, 0.2) is 11.6 Å². The van der Waals surface area contributed by atoms with Crippen LogP contribution < -0.4 is 21.5 Å². The number of nitrogens with one attached hydrogen (secondary N) is 1. The van der Waals surface area contributed by atoms with Crippen molar-refractivity contribution in [1.82, 2.24) is 4.98 Å². The molecule has 0 spiro atoms. The number of hydrogen-bond acceptors (Lipinski definition) is 10. The number of nitrogen functional groups attached to an aromatic ring is 1. The lowest BCUT2D eigenvalue weighted by atomic mass is 10.3. The molecular weight excluding hydrogens is 356 g/mol. The number of rotatable bonds is 7. The Labute approximate surface area is 154 Å². The highest BCUT2D eigenvalue weighted by atomic mass is 16.8. The average Bonchev–Trinajstić information content (AvgIpc) is 2.68. The molecule has 5 N–H and O–H groups in total. The second-order valence-electron chi connectivity index (χ2n) is 4.88. The van der Waals surface area contributed by atoms with Gasteiger partial charge in [0.1, 0.15) is 17.2 Å². The summed E-state index contributed by atoms with van der Waals surface area (Å²) in [4.78, 5) is 26.2. The minimum Gasteiger partial charge on any atom is -0.455 e. The van der Waals surface area contributed by atoms with Crippen molar-refractivity contribution in [3.05, 3.63) is 36.4 Å². The predicted molar refractivity (Wildman–Crippen MR) is 95.9 cm³/mol. The van der Waals surface area contributed by atoms with Crippen LogP contribution in [-0.4, -0.2) is 37.5 Å². The van der Waals surface area contributed by atoms with Crippen LogP contribution in [0.15, 0.2) is 46.6 Å². The first-order valence-corrected chi connectivity index (χ1v) is 7.64. The van der Waals surface area contributed by atoms with Crippen LogP contribution in [0.5, 0.6) is 5.75 Å². The number of aromatic nitrogens is 1. The molecule has 0 fully saturated rings. The number of carbonyl (C=O) groups excluding carboxylic acids is 2. The third kappa shape index (κ3) is 5.93. The van der Waals surface area contributed by atoms with E-state index >= 15 is 0 Å². The Hall–Kier alpha value is -3.73. The Kier molecular flexibility index (Phi) is 7.02. The molecule has 0 aliphatic heterocycles. The van der Waals surface area contributed by atoms with E-state index in [4.69, 9.17) is 16.2 Å². The molecular formula is C16H18N6O5. The summed E-state index contributed by atoms with van der Waals surface area (Å²) in [5, 5.41) is 10.6. The van der Waals surface area contributed by atoms with Crippen LogP contribution >= 0.6 is 0 Å². The normalized spacial score (nSPS) is 10.4. The van der Waals surface area contributed by atoms with Gasteiger partial charge in [0.05, 0.1) is 13.7 Å². The summed E-state index contributed by atoms with van der Waals surface area (Å²) in [6.45, 7) is -0.516. The zero-order valence-electron chi connectivity index (χ0n) is 14.4. The number of carbonyl (C=O) groups is 2. The Balaban J connectivity index is 2.09. The maximum Gasteiger partial charge on any atom is 0.510 e. The molecule has 2 rings (SSSR count). The minimum absolute atomic E-state index is 0.0704. The fourth-order valence-electron chi connectivity index (χ4n) is 1.79. The lowest BCUT2D eigenvalue weighted by Gasteiger charge is -2.08. The highest BCUT2D eigenvalue weighted by molar-refractivity contribution is 5.91. The number of nitrogens with zero attached hydrogens (tertiary/aromatic N) is 3. The number of para-hydroxylation sites is 1. The fourth-order valence-corrected chi connectivity index (χ4v) is 1.79. The molecule has 1 aromatic carbocycles. The highest BCUT2D eigenvalue weighted by Gasteiger charge is 2.07. The second kappa shape index (κ2) is 9.68. The largest absolute Gasteiger partial charge is 0.510 e. The summed E-state index contributed by atoms with van der Waals surface area (Å²) < 4.78 is 14.3. The summed E-state index contributed by atoms with van der Waals surface area (Å²) in [5.41, 5.74) is 11.7. The lowest BCUT2D eigenvalue weighted by molar-refractivity contribution is -0.114. The maximum atomic E-state index is 11.3. The maximum absolute atomic E-state index is 11.3. The van der Waals surface area contributed by atoms with Gasteiger partial charge in [-0.05, 0) is 24.3 Å². The number of nitrogens with two attached hydrogens (primary N) is 2. The van der Waals surface area contributed by atoms with Crippen LogP contribution in [0, 0.1) is 0 Å². The van der Waals surface area contributed by atoms with Crippen molar-refractivity contribution in [3.63, 3.8) is 0 Å². The van der Waals surface area contributed by atoms with Crippen LogP contribution in [0.25, 0.3) is 0 Å². The molecule has 27 heavy (non-hydrogen) atoms. The molecule has 1 heterocycles. The number of hydrogen-bond donors (Lipinski definition) is 3. The Bertz CT molecular complexity index is 842.